The number of ether oxygens (including phenoxy) is 2. The van der Waals surface area contributed by atoms with E-state index in [2.05, 4.69) is 11.4 Å². The van der Waals surface area contributed by atoms with E-state index in [-0.39, 0.29) is 5.75 Å². The Morgan fingerprint density at radius 2 is 1.91 bits per heavy atom. The van der Waals surface area contributed by atoms with E-state index in [0.717, 1.165) is 24.1 Å². The van der Waals surface area contributed by atoms with Crippen molar-refractivity contribution in [2.45, 2.75) is 13.0 Å². The molecule has 0 unspecified atom stereocenters. The summed E-state index contributed by atoms with van der Waals surface area (Å²) in [5.74, 6) is 1.50. The van der Waals surface area contributed by atoms with Gasteiger partial charge in [-0.25, -0.2) is 0 Å². The first kappa shape index (κ1) is 16.7. The Morgan fingerprint density at radius 1 is 1.13 bits per heavy atom. The summed E-state index contributed by atoms with van der Waals surface area (Å²) < 4.78 is 10.6. The third kappa shape index (κ3) is 4.38. The second-order valence-corrected chi connectivity index (χ2v) is 5.07. The third-order valence-corrected chi connectivity index (χ3v) is 3.53. The molecule has 5 nitrogen and oxygen atoms in total. The highest BCUT2D eigenvalue weighted by atomic mass is 16.5. The van der Waals surface area contributed by atoms with Gasteiger partial charge in [0.2, 0.25) is 0 Å². The lowest BCUT2D eigenvalue weighted by Gasteiger charge is -2.12. The molecule has 5 heteroatoms. The van der Waals surface area contributed by atoms with Gasteiger partial charge in [0.1, 0.15) is 23.3 Å². The quantitative estimate of drug-likeness (QED) is 0.769. The summed E-state index contributed by atoms with van der Waals surface area (Å²) in [4.78, 5) is 0. The van der Waals surface area contributed by atoms with Crippen LogP contribution in [0.25, 0.3) is 0 Å². The van der Waals surface area contributed by atoms with E-state index in [1.165, 1.54) is 0 Å². The predicted molar refractivity (Wildman–Crippen MR) is 87.8 cm³/mol. The summed E-state index contributed by atoms with van der Waals surface area (Å²) in [6, 6.07) is 12.8. The molecule has 0 saturated heterocycles. The number of rotatable bonds is 7. The second-order valence-electron chi connectivity index (χ2n) is 5.07. The first-order valence-corrected chi connectivity index (χ1v) is 7.31. The lowest BCUT2D eigenvalue weighted by atomic mass is 10.1. The van der Waals surface area contributed by atoms with Gasteiger partial charge in [-0.1, -0.05) is 12.1 Å². The minimum Gasteiger partial charge on any atom is -0.508 e. The molecular weight excluding hydrogens is 292 g/mol. The SMILES string of the molecule is COc1cc(CCNCc2cccc(O)c2)c(OC)cc1C#N. The molecule has 0 radical (unpaired) electrons. The van der Waals surface area contributed by atoms with E-state index >= 15 is 0 Å². The Kier molecular flexibility index (Phi) is 5.84. The van der Waals surface area contributed by atoms with Crippen molar-refractivity contribution in [1.82, 2.24) is 5.32 Å². The molecule has 2 N–H and O–H groups in total. The Balaban J connectivity index is 1.98. The second kappa shape index (κ2) is 8.06. The summed E-state index contributed by atoms with van der Waals surface area (Å²) in [5.41, 5.74) is 2.46. The van der Waals surface area contributed by atoms with Gasteiger partial charge >= 0.3 is 0 Å². The van der Waals surface area contributed by atoms with Crippen LogP contribution < -0.4 is 14.8 Å². The van der Waals surface area contributed by atoms with E-state index in [1.54, 1.807) is 32.4 Å². The minimum absolute atomic E-state index is 0.266. The Hall–Kier alpha value is -2.71. The Morgan fingerprint density at radius 3 is 2.57 bits per heavy atom. The first-order chi connectivity index (χ1) is 11.2. The first-order valence-electron chi connectivity index (χ1n) is 7.31. The normalized spacial score (nSPS) is 10.1. The molecule has 0 aliphatic carbocycles. The van der Waals surface area contributed by atoms with Crippen LogP contribution in [0, 0.1) is 11.3 Å². The fourth-order valence-corrected chi connectivity index (χ4v) is 2.37. The number of phenolic OH excluding ortho intramolecular Hbond substituents is 1. The van der Waals surface area contributed by atoms with E-state index in [4.69, 9.17) is 14.7 Å². The highest BCUT2D eigenvalue weighted by Gasteiger charge is 2.10. The number of hydrogen-bond acceptors (Lipinski definition) is 5. The van der Waals surface area contributed by atoms with Crippen molar-refractivity contribution < 1.29 is 14.6 Å². The standard InChI is InChI=1S/C18H20N2O3/c1-22-17-10-15(11-19)18(23-2)9-14(17)6-7-20-12-13-4-3-5-16(21)8-13/h3-5,8-10,20-21H,6-7,12H2,1-2H3. The van der Waals surface area contributed by atoms with Crippen LogP contribution >= 0.6 is 0 Å². The zero-order valence-corrected chi connectivity index (χ0v) is 13.3. The van der Waals surface area contributed by atoms with Crippen LogP contribution in [0.5, 0.6) is 17.2 Å². The molecule has 0 atom stereocenters. The van der Waals surface area contributed by atoms with Gasteiger partial charge in [0, 0.05) is 12.6 Å². The van der Waals surface area contributed by atoms with Crippen LogP contribution in [-0.2, 0) is 13.0 Å². The Bertz CT molecular complexity index is 708. The van der Waals surface area contributed by atoms with Crippen LogP contribution in [0.3, 0.4) is 0 Å². The van der Waals surface area contributed by atoms with Crippen molar-refractivity contribution in [1.29, 1.82) is 5.26 Å². The molecule has 0 aliphatic rings. The van der Waals surface area contributed by atoms with Crippen LogP contribution in [0.4, 0.5) is 0 Å². The third-order valence-electron chi connectivity index (χ3n) is 3.53. The molecule has 2 aromatic rings. The van der Waals surface area contributed by atoms with Crippen LogP contribution in [0.1, 0.15) is 16.7 Å². The van der Waals surface area contributed by atoms with Crippen molar-refractivity contribution in [2.75, 3.05) is 20.8 Å². The van der Waals surface area contributed by atoms with E-state index in [0.29, 0.717) is 23.6 Å². The number of nitrogens with one attached hydrogen (secondary N) is 1. The number of methoxy groups -OCH3 is 2. The summed E-state index contributed by atoms with van der Waals surface area (Å²) >= 11 is 0. The van der Waals surface area contributed by atoms with Crippen molar-refractivity contribution in [2.24, 2.45) is 0 Å². The highest BCUT2D eigenvalue weighted by molar-refractivity contribution is 5.52. The summed E-state index contributed by atoms with van der Waals surface area (Å²) in [7, 11) is 3.14. The van der Waals surface area contributed by atoms with Gasteiger partial charge in [-0.3, -0.25) is 0 Å². The highest BCUT2D eigenvalue weighted by Crippen LogP contribution is 2.28. The van der Waals surface area contributed by atoms with Gasteiger partial charge < -0.3 is 19.9 Å². The number of benzene rings is 2. The molecule has 0 saturated carbocycles. The maximum absolute atomic E-state index is 9.44. The lowest BCUT2D eigenvalue weighted by molar-refractivity contribution is 0.397. The topological polar surface area (TPSA) is 74.5 Å². The zero-order chi connectivity index (χ0) is 16.7. The van der Waals surface area contributed by atoms with Gasteiger partial charge in [0.25, 0.3) is 0 Å². The van der Waals surface area contributed by atoms with Crippen LogP contribution in [0.2, 0.25) is 0 Å². The molecule has 120 valence electrons. The summed E-state index contributed by atoms with van der Waals surface area (Å²) in [6.07, 6.45) is 0.740. The summed E-state index contributed by atoms with van der Waals surface area (Å²) in [5, 5.41) is 21.9. The van der Waals surface area contributed by atoms with E-state index in [9.17, 15) is 5.11 Å². The molecule has 0 spiro atoms. The van der Waals surface area contributed by atoms with E-state index < -0.39 is 0 Å². The largest absolute Gasteiger partial charge is 0.508 e. The van der Waals surface area contributed by atoms with Gasteiger partial charge in [-0.15, -0.1) is 0 Å². The number of hydrogen-bond donors (Lipinski definition) is 2. The molecular formula is C18H20N2O3. The molecule has 0 fully saturated rings. The fourth-order valence-electron chi connectivity index (χ4n) is 2.37. The molecule has 23 heavy (non-hydrogen) atoms. The molecule has 2 rings (SSSR count). The smallest absolute Gasteiger partial charge is 0.137 e. The molecule has 0 amide bonds. The van der Waals surface area contributed by atoms with Gasteiger partial charge in [-0.05, 0) is 42.3 Å². The number of nitriles is 1. The number of nitrogens with zero attached hydrogens (tertiary/aromatic N) is 1. The average molecular weight is 312 g/mol. The molecule has 0 bridgehead atoms. The average Bonchev–Trinajstić information content (AvgIpc) is 2.58. The number of aromatic hydroxyl groups is 1. The molecule has 0 heterocycles. The zero-order valence-electron chi connectivity index (χ0n) is 13.3. The lowest BCUT2D eigenvalue weighted by Crippen LogP contribution is -2.17. The van der Waals surface area contributed by atoms with Gasteiger partial charge in [0.15, 0.2) is 0 Å². The predicted octanol–water partition coefficient (Wildman–Crippen LogP) is 2.61. The fraction of sp³-hybridized carbons (Fsp3) is 0.278. The minimum atomic E-state index is 0.266. The summed E-state index contributed by atoms with van der Waals surface area (Å²) in [6.45, 7) is 1.41. The maximum Gasteiger partial charge on any atom is 0.137 e. The van der Waals surface area contributed by atoms with Gasteiger partial charge in [0.05, 0.1) is 19.8 Å². The van der Waals surface area contributed by atoms with Crippen molar-refractivity contribution in [3.05, 3.63) is 53.1 Å². The monoisotopic (exact) mass is 312 g/mol. The van der Waals surface area contributed by atoms with E-state index in [1.807, 2.05) is 18.2 Å². The van der Waals surface area contributed by atoms with Crippen molar-refractivity contribution in [3.8, 4) is 23.3 Å². The van der Waals surface area contributed by atoms with Crippen LogP contribution in [-0.4, -0.2) is 25.9 Å². The Labute approximate surface area is 136 Å². The number of phenols is 1. The van der Waals surface area contributed by atoms with Crippen molar-refractivity contribution >= 4 is 0 Å². The molecule has 0 aromatic heterocycles. The molecule has 2 aromatic carbocycles. The maximum atomic E-state index is 9.44. The van der Waals surface area contributed by atoms with Crippen molar-refractivity contribution in [3.63, 3.8) is 0 Å². The molecule has 0 aliphatic heterocycles. The van der Waals surface area contributed by atoms with Crippen LogP contribution in [0.15, 0.2) is 36.4 Å². The van der Waals surface area contributed by atoms with Gasteiger partial charge in [-0.2, -0.15) is 5.26 Å².